The predicted molar refractivity (Wildman–Crippen MR) is 123 cm³/mol. The van der Waals surface area contributed by atoms with Crippen molar-refractivity contribution in [3.63, 3.8) is 0 Å². The molecule has 1 heterocycles. The first kappa shape index (κ1) is 21.3. The average molecular weight is 451 g/mol. The molecule has 0 spiro atoms. The van der Waals surface area contributed by atoms with Gasteiger partial charge in [-0.15, -0.1) is 0 Å². The first-order valence-electron chi connectivity index (χ1n) is 9.68. The largest absolute Gasteiger partial charge is 0.497 e. The number of benzene rings is 3. The molecule has 0 aliphatic carbocycles. The molecule has 0 radical (unpaired) electrons. The van der Waals surface area contributed by atoms with Crippen LogP contribution in [0, 0.1) is 0 Å². The Kier molecular flexibility index (Phi) is 6.28. The van der Waals surface area contributed by atoms with Gasteiger partial charge in [0.1, 0.15) is 22.8 Å². The van der Waals surface area contributed by atoms with Crippen molar-refractivity contribution in [3.8, 4) is 11.5 Å². The number of fused-ring (bicyclic) bond motifs is 1. The third-order valence-corrected chi connectivity index (χ3v) is 4.79. The summed E-state index contributed by atoms with van der Waals surface area (Å²) < 4.78 is 16.4. The number of carbonyl (C=O) groups is 2. The molecule has 0 aliphatic rings. The Hall–Kier alpha value is -3.97. The number of anilines is 2. The number of rotatable bonds is 7. The molecule has 4 rings (SSSR count). The number of ether oxygens (including phenoxy) is 2. The van der Waals surface area contributed by atoms with Gasteiger partial charge in [-0.1, -0.05) is 35.9 Å². The highest BCUT2D eigenvalue weighted by Crippen LogP contribution is 2.31. The van der Waals surface area contributed by atoms with Gasteiger partial charge in [0.25, 0.3) is 11.8 Å². The summed E-state index contributed by atoms with van der Waals surface area (Å²) in [5.74, 6) is 0.101. The van der Waals surface area contributed by atoms with E-state index in [2.05, 4.69) is 10.6 Å². The van der Waals surface area contributed by atoms with Crippen molar-refractivity contribution < 1.29 is 23.5 Å². The number of hydrogen-bond donors (Lipinski definition) is 2. The van der Waals surface area contributed by atoms with Crippen LogP contribution < -0.4 is 20.1 Å². The van der Waals surface area contributed by atoms with E-state index >= 15 is 0 Å². The Labute approximate surface area is 188 Å². The molecular weight excluding hydrogens is 432 g/mol. The summed E-state index contributed by atoms with van der Waals surface area (Å²) in [6, 6.07) is 20.7. The molecule has 0 atom stereocenters. The van der Waals surface area contributed by atoms with E-state index in [1.807, 2.05) is 0 Å². The Bertz CT molecular complexity index is 1280. The van der Waals surface area contributed by atoms with Crippen LogP contribution >= 0.6 is 11.6 Å². The summed E-state index contributed by atoms with van der Waals surface area (Å²) in [5.41, 5.74) is 1.23. The van der Waals surface area contributed by atoms with E-state index in [0.717, 1.165) is 0 Å². The average Bonchev–Trinajstić information content (AvgIpc) is 3.16. The number of furan rings is 1. The molecule has 162 valence electrons. The first-order valence-corrected chi connectivity index (χ1v) is 10.1. The highest BCUT2D eigenvalue weighted by molar-refractivity contribution is 6.31. The van der Waals surface area contributed by atoms with Crippen molar-refractivity contribution in [3.05, 3.63) is 83.6 Å². The SMILES string of the molecule is COc1cccc(OCC(=O)Nc2c(C(=O)Nc3cccc(Cl)c3)oc3ccccc23)c1. The van der Waals surface area contributed by atoms with Crippen molar-refractivity contribution in [1.82, 2.24) is 0 Å². The fraction of sp³-hybridized carbons (Fsp3) is 0.0833. The number of amides is 2. The second kappa shape index (κ2) is 9.45. The monoisotopic (exact) mass is 450 g/mol. The number of para-hydroxylation sites is 1. The lowest BCUT2D eigenvalue weighted by molar-refractivity contribution is -0.118. The lowest BCUT2D eigenvalue weighted by Crippen LogP contribution is -2.22. The van der Waals surface area contributed by atoms with Crippen LogP contribution in [0.5, 0.6) is 11.5 Å². The normalized spacial score (nSPS) is 10.6. The summed E-state index contributed by atoms with van der Waals surface area (Å²) in [6.07, 6.45) is 0. The second-order valence-electron chi connectivity index (χ2n) is 6.78. The maximum atomic E-state index is 12.9. The van der Waals surface area contributed by atoms with E-state index < -0.39 is 11.8 Å². The van der Waals surface area contributed by atoms with Crippen molar-refractivity contribution >= 4 is 45.8 Å². The van der Waals surface area contributed by atoms with Gasteiger partial charge in [-0.2, -0.15) is 0 Å². The van der Waals surface area contributed by atoms with Gasteiger partial charge in [-0.05, 0) is 42.5 Å². The van der Waals surface area contributed by atoms with Crippen LogP contribution in [0.4, 0.5) is 11.4 Å². The number of nitrogens with one attached hydrogen (secondary N) is 2. The predicted octanol–water partition coefficient (Wildman–Crippen LogP) is 5.36. The van der Waals surface area contributed by atoms with Crippen LogP contribution in [0.1, 0.15) is 10.6 Å². The minimum Gasteiger partial charge on any atom is -0.497 e. The molecule has 1 aromatic heterocycles. The van der Waals surface area contributed by atoms with Gasteiger partial charge >= 0.3 is 0 Å². The summed E-state index contributed by atoms with van der Waals surface area (Å²) >= 11 is 5.99. The third-order valence-electron chi connectivity index (χ3n) is 4.56. The lowest BCUT2D eigenvalue weighted by Gasteiger charge is -2.09. The van der Waals surface area contributed by atoms with E-state index in [1.54, 1.807) is 79.9 Å². The van der Waals surface area contributed by atoms with Gasteiger partial charge in [-0.3, -0.25) is 9.59 Å². The molecule has 32 heavy (non-hydrogen) atoms. The van der Waals surface area contributed by atoms with Crippen molar-refractivity contribution in [2.45, 2.75) is 0 Å². The maximum Gasteiger partial charge on any atom is 0.293 e. The molecule has 0 aliphatic heterocycles. The van der Waals surface area contributed by atoms with Crippen LogP contribution in [-0.2, 0) is 4.79 Å². The molecule has 0 bridgehead atoms. The highest BCUT2D eigenvalue weighted by atomic mass is 35.5. The molecular formula is C24H19ClN2O5. The molecule has 4 aromatic rings. The smallest absolute Gasteiger partial charge is 0.293 e. The summed E-state index contributed by atoms with van der Waals surface area (Å²) in [5, 5.41) is 6.54. The van der Waals surface area contributed by atoms with Crippen LogP contribution in [0.25, 0.3) is 11.0 Å². The van der Waals surface area contributed by atoms with Crippen LogP contribution in [0.15, 0.2) is 77.2 Å². The molecule has 7 nitrogen and oxygen atoms in total. The Morgan fingerprint density at radius 3 is 2.53 bits per heavy atom. The van der Waals surface area contributed by atoms with E-state index in [0.29, 0.717) is 33.2 Å². The molecule has 8 heteroatoms. The molecule has 0 saturated heterocycles. The van der Waals surface area contributed by atoms with E-state index in [9.17, 15) is 9.59 Å². The first-order chi connectivity index (χ1) is 15.5. The number of hydrogen-bond acceptors (Lipinski definition) is 5. The van der Waals surface area contributed by atoms with Gasteiger partial charge in [0.2, 0.25) is 5.76 Å². The zero-order valence-corrected chi connectivity index (χ0v) is 17.8. The minimum atomic E-state index is -0.521. The molecule has 2 amide bonds. The summed E-state index contributed by atoms with van der Waals surface area (Å²) in [6.45, 7) is -0.262. The van der Waals surface area contributed by atoms with Crippen molar-refractivity contribution in [1.29, 1.82) is 0 Å². The molecule has 0 fully saturated rings. The Morgan fingerprint density at radius 2 is 1.72 bits per heavy atom. The standard InChI is InChI=1S/C24H19ClN2O5/c1-30-17-8-5-9-18(13-17)31-14-21(28)27-22-19-10-2-3-11-20(19)32-23(22)24(29)26-16-7-4-6-15(25)12-16/h2-13H,14H2,1H3,(H,26,29)(H,27,28). The van der Waals surface area contributed by atoms with Crippen molar-refractivity contribution in [2.24, 2.45) is 0 Å². The van der Waals surface area contributed by atoms with Gasteiger partial charge in [0, 0.05) is 22.2 Å². The van der Waals surface area contributed by atoms with Crippen LogP contribution in [-0.4, -0.2) is 25.5 Å². The van der Waals surface area contributed by atoms with Gasteiger partial charge < -0.3 is 24.5 Å². The topological polar surface area (TPSA) is 89.8 Å². The Morgan fingerprint density at radius 1 is 0.938 bits per heavy atom. The number of methoxy groups -OCH3 is 1. The van der Waals surface area contributed by atoms with E-state index in [-0.39, 0.29) is 18.1 Å². The fourth-order valence-corrected chi connectivity index (χ4v) is 3.29. The fourth-order valence-electron chi connectivity index (χ4n) is 3.10. The number of halogens is 1. The van der Waals surface area contributed by atoms with Gasteiger partial charge in [-0.25, -0.2) is 0 Å². The zero-order chi connectivity index (χ0) is 22.5. The lowest BCUT2D eigenvalue weighted by atomic mass is 10.2. The molecule has 3 aromatic carbocycles. The minimum absolute atomic E-state index is 0.0269. The second-order valence-corrected chi connectivity index (χ2v) is 7.22. The highest BCUT2D eigenvalue weighted by Gasteiger charge is 2.22. The maximum absolute atomic E-state index is 12.9. The van der Waals surface area contributed by atoms with E-state index in [1.165, 1.54) is 0 Å². The van der Waals surface area contributed by atoms with Crippen molar-refractivity contribution in [2.75, 3.05) is 24.4 Å². The zero-order valence-electron chi connectivity index (χ0n) is 17.1. The van der Waals surface area contributed by atoms with Crippen LogP contribution in [0.2, 0.25) is 5.02 Å². The quantitative estimate of drug-likeness (QED) is 0.395. The molecule has 0 saturated carbocycles. The third kappa shape index (κ3) is 4.84. The van der Waals surface area contributed by atoms with E-state index in [4.69, 9.17) is 25.5 Å². The summed E-state index contributed by atoms with van der Waals surface area (Å²) in [7, 11) is 1.55. The Balaban J connectivity index is 1.54. The molecule has 0 unspecified atom stereocenters. The van der Waals surface area contributed by atoms with Gasteiger partial charge in [0.15, 0.2) is 6.61 Å². The van der Waals surface area contributed by atoms with Crippen LogP contribution in [0.3, 0.4) is 0 Å². The molecule has 2 N–H and O–H groups in total. The summed E-state index contributed by atoms with van der Waals surface area (Å²) in [4.78, 5) is 25.5. The van der Waals surface area contributed by atoms with Gasteiger partial charge in [0.05, 0.1) is 7.11 Å². The number of carbonyl (C=O) groups excluding carboxylic acids is 2.